The number of carbonyl (C=O) groups is 2. The maximum atomic E-state index is 12.5. The van der Waals surface area contributed by atoms with Gasteiger partial charge in [-0.25, -0.2) is 0 Å². The smallest absolute Gasteiger partial charge is 0.308 e. The molecule has 2 aliphatic carbocycles. The predicted molar refractivity (Wildman–Crippen MR) is 113 cm³/mol. The summed E-state index contributed by atoms with van der Waals surface area (Å²) in [6, 6.07) is 0. The van der Waals surface area contributed by atoms with Gasteiger partial charge in [0.05, 0.1) is 18.1 Å². The van der Waals surface area contributed by atoms with Crippen LogP contribution in [0.1, 0.15) is 66.2 Å². The molecule has 2 rings (SSSR count). The molecule has 2 unspecified atom stereocenters. The number of aldehydes is 1. The van der Waals surface area contributed by atoms with Crippen LogP contribution in [0.15, 0.2) is 23.8 Å². The maximum absolute atomic E-state index is 12.5. The number of ether oxygens (including phenoxy) is 1. The van der Waals surface area contributed by atoms with E-state index in [2.05, 4.69) is 32.1 Å². The molecule has 0 aromatic carbocycles. The number of hydrogen-bond donors (Lipinski definition) is 2. The monoisotopic (exact) mass is 406 g/mol. The molecular formula is C24H38O5. The molecule has 0 bridgehead atoms. The van der Waals surface area contributed by atoms with Crippen molar-refractivity contribution in [2.45, 2.75) is 84.5 Å². The van der Waals surface area contributed by atoms with E-state index in [1.165, 1.54) is 5.57 Å². The maximum Gasteiger partial charge on any atom is 0.308 e. The summed E-state index contributed by atoms with van der Waals surface area (Å²) in [4.78, 5) is 23.0. The number of allylic oxidation sites excluding steroid dienone is 3. The number of hydrogen-bond acceptors (Lipinski definition) is 5. The van der Waals surface area contributed by atoms with E-state index >= 15 is 0 Å². The van der Waals surface area contributed by atoms with Gasteiger partial charge in [0.2, 0.25) is 0 Å². The van der Waals surface area contributed by atoms with Crippen LogP contribution in [0.3, 0.4) is 0 Å². The fourth-order valence-corrected chi connectivity index (χ4v) is 4.68. The van der Waals surface area contributed by atoms with Crippen molar-refractivity contribution in [2.75, 3.05) is 0 Å². The third kappa shape index (κ3) is 6.51. The lowest BCUT2D eigenvalue weighted by atomic mass is 9.65. The van der Waals surface area contributed by atoms with E-state index in [1.54, 1.807) is 0 Å². The fraction of sp³-hybridized carbons (Fsp3) is 0.750. The Bertz CT molecular complexity index is 610. The van der Waals surface area contributed by atoms with Crippen LogP contribution in [-0.2, 0) is 14.3 Å². The van der Waals surface area contributed by atoms with Gasteiger partial charge < -0.3 is 19.7 Å². The lowest BCUT2D eigenvalue weighted by Crippen LogP contribution is -2.41. The van der Waals surface area contributed by atoms with Crippen molar-refractivity contribution in [1.29, 1.82) is 0 Å². The molecule has 0 heterocycles. The average molecular weight is 407 g/mol. The van der Waals surface area contributed by atoms with Crippen LogP contribution in [0.25, 0.3) is 0 Å². The van der Waals surface area contributed by atoms with Gasteiger partial charge in [-0.05, 0) is 55.4 Å². The first-order chi connectivity index (χ1) is 13.8. The minimum Gasteiger partial charge on any atom is -0.461 e. The first kappa shape index (κ1) is 23.8. The molecule has 5 nitrogen and oxygen atoms in total. The second-order valence-corrected chi connectivity index (χ2v) is 9.10. The summed E-state index contributed by atoms with van der Waals surface area (Å²) in [5.41, 5.74) is 1.24. The van der Waals surface area contributed by atoms with Crippen LogP contribution in [0.4, 0.5) is 0 Å². The van der Waals surface area contributed by atoms with Crippen LogP contribution in [0.2, 0.25) is 0 Å². The molecule has 0 fully saturated rings. The van der Waals surface area contributed by atoms with Gasteiger partial charge in [0.15, 0.2) is 0 Å². The summed E-state index contributed by atoms with van der Waals surface area (Å²) < 4.78 is 6.01. The number of esters is 1. The molecule has 0 saturated heterocycles. The van der Waals surface area contributed by atoms with Gasteiger partial charge in [-0.1, -0.05) is 45.9 Å². The zero-order valence-corrected chi connectivity index (χ0v) is 18.3. The highest BCUT2D eigenvalue weighted by molar-refractivity contribution is 5.72. The van der Waals surface area contributed by atoms with Crippen molar-refractivity contribution in [1.82, 2.24) is 0 Å². The normalized spacial score (nSPS) is 31.9. The minimum atomic E-state index is -0.790. The van der Waals surface area contributed by atoms with Gasteiger partial charge in [0.25, 0.3) is 0 Å². The van der Waals surface area contributed by atoms with Crippen molar-refractivity contribution < 1.29 is 24.5 Å². The Morgan fingerprint density at radius 2 is 2.03 bits per heavy atom. The van der Waals surface area contributed by atoms with Crippen molar-refractivity contribution >= 4 is 12.3 Å². The van der Waals surface area contributed by atoms with E-state index in [-0.39, 0.29) is 42.7 Å². The first-order valence-corrected chi connectivity index (χ1v) is 11.2. The Morgan fingerprint density at radius 3 is 2.69 bits per heavy atom. The summed E-state index contributed by atoms with van der Waals surface area (Å²) >= 11 is 0. The Balaban J connectivity index is 2.11. The number of carbonyl (C=O) groups excluding carboxylic acids is 2. The van der Waals surface area contributed by atoms with E-state index in [9.17, 15) is 19.8 Å². The second kappa shape index (κ2) is 11.1. The lowest BCUT2D eigenvalue weighted by Gasteiger charge is -2.43. The van der Waals surface area contributed by atoms with Crippen molar-refractivity contribution in [3.8, 4) is 0 Å². The van der Waals surface area contributed by atoms with Gasteiger partial charge in [0.1, 0.15) is 12.4 Å². The Morgan fingerprint density at radius 1 is 1.31 bits per heavy atom. The Kier molecular flexibility index (Phi) is 9.09. The molecule has 0 amide bonds. The van der Waals surface area contributed by atoms with Gasteiger partial charge in [-0.3, -0.25) is 4.79 Å². The van der Waals surface area contributed by atoms with E-state index in [0.29, 0.717) is 24.5 Å². The fourth-order valence-electron chi connectivity index (χ4n) is 4.68. The first-order valence-electron chi connectivity index (χ1n) is 11.2. The molecule has 5 heteroatoms. The molecule has 0 saturated carbocycles. The summed E-state index contributed by atoms with van der Waals surface area (Å²) in [5.74, 6) is 0.874. The molecular weight excluding hydrogens is 368 g/mol. The topological polar surface area (TPSA) is 83.8 Å². The summed E-state index contributed by atoms with van der Waals surface area (Å²) in [7, 11) is 0. The number of aliphatic hydroxyl groups is 2. The van der Waals surface area contributed by atoms with E-state index in [1.807, 2.05) is 13.8 Å². The van der Waals surface area contributed by atoms with Crippen molar-refractivity contribution in [2.24, 2.45) is 29.6 Å². The standard InChI is InChI=1S/C24H38O5/c1-5-16(3)24(28)29-22-13-15(2)12-18-7-6-17(4)21(23(18)22)9-8-19(26)14-20(27)10-11-25/h6-7,11-12,15-17,19-23,26-27H,5,8-10,13-14H2,1-4H3/t15-,16-,17-,19?,20-,21-,22-,23?/m0/s1. The van der Waals surface area contributed by atoms with Crippen LogP contribution in [-0.4, -0.2) is 40.8 Å². The minimum absolute atomic E-state index is 0.0562. The molecule has 0 aliphatic heterocycles. The lowest BCUT2D eigenvalue weighted by molar-refractivity contribution is -0.158. The quantitative estimate of drug-likeness (QED) is 0.425. The van der Waals surface area contributed by atoms with Gasteiger partial charge in [-0.2, -0.15) is 0 Å². The SMILES string of the molecule is CC[C@H](C)C(=O)O[C@H]1C[C@@H](C)C=C2C=C[C@H](C)[C@H](CCC(O)C[C@@H](O)CC=O)C21. The van der Waals surface area contributed by atoms with Crippen molar-refractivity contribution in [3.63, 3.8) is 0 Å². The molecule has 29 heavy (non-hydrogen) atoms. The molecule has 0 radical (unpaired) electrons. The largest absolute Gasteiger partial charge is 0.461 e. The summed E-state index contributed by atoms with van der Waals surface area (Å²) in [6.45, 7) is 8.24. The van der Waals surface area contributed by atoms with Gasteiger partial charge >= 0.3 is 5.97 Å². The third-order valence-corrected chi connectivity index (χ3v) is 6.62. The number of fused-ring (bicyclic) bond motifs is 1. The molecule has 0 aromatic heterocycles. The van der Waals surface area contributed by atoms with Crippen LogP contribution < -0.4 is 0 Å². The average Bonchev–Trinajstić information content (AvgIpc) is 2.66. The molecule has 2 N–H and O–H groups in total. The van der Waals surface area contributed by atoms with Gasteiger partial charge in [0, 0.05) is 12.3 Å². The highest BCUT2D eigenvalue weighted by Crippen LogP contribution is 2.45. The van der Waals surface area contributed by atoms with Crippen LogP contribution >= 0.6 is 0 Å². The molecule has 164 valence electrons. The van der Waals surface area contributed by atoms with E-state index in [0.717, 1.165) is 19.3 Å². The number of aliphatic hydroxyl groups excluding tert-OH is 2. The second-order valence-electron chi connectivity index (χ2n) is 9.10. The summed E-state index contributed by atoms with van der Waals surface area (Å²) in [5, 5.41) is 20.1. The van der Waals surface area contributed by atoms with E-state index < -0.39 is 12.2 Å². The summed E-state index contributed by atoms with van der Waals surface area (Å²) in [6.07, 6.45) is 9.01. The zero-order valence-electron chi connectivity index (χ0n) is 18.3. The van der Waals surface area contributed by atoms with E-state index in [4.69, 9.17) is 4.74 Å². The van der Waals surface area contributed by atoms with Gasteiger partial charge in [-0.15, -0.1) is 0 Å². The predicted octanol–water partition coefficient (Wildman–Crippen LogP) is 3.83. The zero-order chi connectivity index (χ0) is 21.6. The molecule has 2 aliphatic rings. The molecule has 0 aromatic rings. The molecule has 8 atom stereocenters. The third-order valence-electron chi connectivity index (χ3n) is 6.62. The Labute approximate surface area is 175 Å². The Hall–Kier alpha value is -1.46. The highest BCUT2D eigenvalue weighted by Gasteiger charge is 2.41. The van der Waals surface area contributed by atoms with Crippen molar-refractivity contribution in [3.05, 3.63) is 23.8 Å². The number of rotatable bonds is 10. The van der Waals surface area contributed by atoms with Crippen LogP contribution in [0, 0.1) is 29.6 Å². The molecule has 0 spiro atoms. The van der Waals surface area contributed by atoms with Crippen LogP contribution in [0.5, 0.6) is 0 Å². The highest BCUT2D eigenvalue weighted by atomic mass is 16.5.